The first-order valence-electron chi connectivity index (χ1n) is 16.5. The highest BCUT2D eigenvalue weighted by molar-refractivity contribution is 6.00. The Labute approximate surface area is 278 Å². The van der Waals surface area contributed by atoms with E-state index in [1.165, 1.54) is 12.1 Å². The summed E-state index contributed by atoms with van der Waals surface area (Å²) in [6, 6.07) is 10.9. The van der Waals surface area contributed by atoms with Crippen molar-refractivity contribution in [2.75, 3.05) is 25.1 Å². The maximum absolute atomic E-state index is 14.0. The molecule has 2 N–H and O–H groups in total. The molecule has 0 bridgehead atoms. The predicted octanol–water partition coefficient (Wildman–Crippen LogP) is 6.74. The van der Waals surface area contributed by atoms with Crippen LogP contribution < -0.4 is 10.6 Å². The molecule has 1 saturated carbocycles. The average molecular weight is 668 g/mol. The first-order valence-corrected chi connectivity index (χ1v) is 16.5. The zero-order valence-electron chi connectivity index (χ0n) is 27.7. The summed E-state index contributed by atoms with van der Waals surface area (Å²) >= 11 is 0. The number of alkyl halides is 1. The molecular formula is C36H43F2N3O7. The lowest BCUT2D eigenvalue weighted by Gasteiger charge is -2.36. The highest BCUT2D eigenvalue weighted by atomic mass is 19.1. The third kappa shape index (κ3) is 8.14. The van der Waals surface area contributed by atoms with Crippen LogP contribution in [0.2, 0.25) is 0 Å². The molecule has 2 aromatic carbocycles. The summed E-state index contributed by atoms with van der Waals surface area (Å²) < 4.78 is 43.7. The fourth-order valence-electron chi connectivity index (χ4n) is 6.81. The largest absolute Gasteiger partial charge is 0.460 e. The Morgan fingerprint density at radius 3 is 2.35 bits per heavy atom. The Morgan fingerprint density at radius 1 is 1.00 bits per heavy atom. The Hall–Kier alpha value is -4.48. The molecule has 2 fully saturated rings. The van der Waals surface area contributed by atoms with E-state index in [9.17, 15) is 28.0 Å². The molecule has 3 aromatic rings. The normalized spacial score (nSPS) is 21.8. The van der Waals surface area contributed by atoms with Crippen LogP contribution in [0, 0.1) is 17.7 Å². The monoisotopic (exact) mass is 667 g/mol. The van der Waals surface area contributed by atoms with Gasteiger partial charge in [0.2, 0.25) is 17.6 Å². The zero-order chi connectivity index (χ0) is 34.6. The van der Waals surface area contributed by atoms with E-state index in [0.29, 0.717) is 55.3 Å². The van der Waals surface area contributed by atoms with E-state index in [0.717, 1.165) is 5.56 Å². The fraction of sp³-hybridized carbons (Fsp3) is 0.500. The van der Waals surface area contributed by atoms with Crippen molar-refractivity contribution in [1.29, 1.82) is 0 Å². The maximum atomic E-state index is 14.0. The molecule has 5 rings (SSSR count). The third-order valence-corrected chi connectivity index (χ3v) is 9.07. The van der Waals surface area contributed by atoms with Crippen LogP contribution >= 0.6 is 0 Å². The number of fused-ring (bicyclic) bond motifs is 1. The maximum Gasteiger partial charge on any atom is 0.407 e. The van der Waals surface area contributed by atoms with Crippen LogP contribution in [-0.4, -0.2) is 66.3 Å². The van der Waals surface area contributed by atoms with Gasteiger partial charge in [-0.1, -0.05) is 12.1 Å². The van der Waals surface area contributed by atoms with Gasteiger partial charge >= 0.3 is 12.1 Å². The number of amides is 3. The summed E-state index contributed by atoms with van der Waals surface area (Å²) in [6.07, 6.45) is 1.88. The molecule has 1 unspecified atom stereocenters. The van der Waals surface area contributed by atoms with Crippen LogP contribution in [0.3, 0.4) is 0 Å². The molecule has 1 saturated heterocycles. The van der Waals surface area contributed by atoms with Gasteiger partial charge in [-0.3, -0.25) is 9.59 Å². The number of likely N-dealkylation sites (tertiary alicyclic amines) is 1. The van der Waals surface area contributed by atoms with Gasteiger partial charge in [0, 0.05) is 29.5 Å². The minimum absolute atomic E-state index is 0.0486. The Morgan fingerprint density at radius 2 is 1.71 bits per heavy atom. The first kappa shape index (κ1) is 34.8. The standard InChI is InChI=1S/C36H43F2N3O7/c1-5-46-34(44)30-19-24-18-26(14-15-29(24)47-30)39-32(42)31-27(21-10-12-25(38)13-11-21)16-17-41(31)33(43)23-8-6-22(7-9-23)28(20-37)40-35(45)48-36(2,3)4/h10-15,18-19,22-23,27-28,31H,5-9,16-17,20H2,1-4H3,(H,39,42)(H,40,45)/t22-,23-,27-,28?,31-/m0/s1. The summed E-state index contributed by atoms with van der Waals surface area (Å²) in [7, 11) is 0. The molecule has 3 amide bonds. The summed E-state index contributed by atoms with van der Waals surface area (Å²) in [5.74, 6) is -2.37. The second kappa shape index (κ2) is 14.7. The Bertz CT molecular complexity index is 1630. The number of hydrogen-bond donors (Lipinski definition) is 2. The summed E-state index contributed by atoms with van der Waals surface area (Å²) in [5, 5.41) is 6.19. The lowest BCUT2D eigenvalue weighted by molar-refractivity contribution is -0.141. The predicted molar refractivity (Wildman–Crippen MR) is 175 cm³/mol. The number of halogens is 2. The SMILES string of the molecule is CCOC(=O)c1cc2cc(NC(=O)[C@@H]3[C@H](c4ccc(F)cc4)CCN3C(=O)[C@H]3CC[C@H](C(CF)NC(=O)OC(C)(C)C)CC3)ccc2o1. The van der Waals surface area contributed by atoms with Crippen LogP contribution in [-0.2, 0) is 19.1 Å². The van der Waals surface area contributed by atoms with Crippen LogP contribution in [0.4, 0.5) is 19.3 Å². The average Bonchev–Trinajstić information content (AvgIpc) is 3.68. The van der Waals surface area contributed by atoms with Gasteiger partial charge in [-0.2, -0.15) is 0 Å². The number of esters is 1. The Kier molecular flexibility index (Phi) is 10.7. The molecule has 1 aliphatic heterocycles. The van der Waals surface area contributed by atoms with Crippen molar-refractivity contribution >= 4 is 40.5 Å². The van der Waals surface area contributed by atoms with Crippen molar-refractivity contribution < 1.29 is 41.8 Å². The van der Waals surface area contributed by atoms with Gasteiger partial charge in [0.1, 0.15) is 29.7 Å². The van der Waals surface area contributed by atoms with Crippen molar-refractivity contribution in [1.82, 2.24) is 10.2 Å². The first-order chi connectivity index (χ1) is 22.9. The van der Waals surface area contributed by atoms with E-state index in [-0.39, 0.29) is 36.0 Å². The van der Waals surface area contributed by atoms with Crippen molar-refractivity contribution in [2.45, 2.75) is 83.4 Å². The van der Waals surface area contributed by atoms with E-state index in [1.54, 1.807) is 69.0 Å². The van der Waals surface area contributed by atoms with E-state index < -0.39 is 48.1 Å². The van der Waals surface area contributed by atoms with E-state index >= 15 is 0 Å². The Balaban J connectivity index is 1.30. The molecule has 3 atom stereocenters. The molecule has 2 heterocycles. The topological polar surface area (TPSA) is 127 Å². The second-order valence-corrected chi connectivity index (χ2v) is 13.5. The van der Waals surface area contributed by atoms with E-state index in [1.807, 2.05) is 0 Å². The van der Waals surface area contributed by atoms with Gasteiger partial charge in [-0.15, -0.1) is 0 Å². The number of ether oxygens (including phenoxy) is 2. The van der Waals surface area contributed by atoms with Gasteiger partial charge in [-0.05, 0) is 108 Å². The number of rotatable bonds is 9. The number of carbonyl (C=O) groups excluding carboxylic acids is 4. The number of benzene rings is 2. The highest BCUT2D eigenvalue weighted by Gasteiger charge is 2.45. The molecule has 12 heteroatoms. The number of furan rings is 1. The lowest BCUT2D eigenvalue weighted by Crippen LogP contribution is -2.49. The summed E-state index contributed by atoms with van der Waals surface area (Å²) in [5.41, 5.74) is 0.943. The molecule has 2 aliphatic rings. The van der Waals surface area contributed by atoms with E-state index in [4.69, 9.17) is 13.9 Å². The molecule has 1 aromatic heterocycles. The number of nitrogens with one attached hydrogen (secondary N) is 2. The van der Waals surface area contributed by atoms with Crippen molar-refractivity contribution in [3.05, 3.63) is 65.7 Å². The third-order valence-electron chi connectivity index (χ3n) is 9.07. The number of nitrogens with zero attached hydrogens (tertiary/aromatic N) is 1. The number of carbonyl (C=O) groups is 4. The molecule has 10 nitrogen and oxygen atoms in total. The van der Waals surface area contributed by atoms with Crippen LogP contribution in [0.15, 0.2) is 52.9 Å². The minimum atomic E-state index is -0.858. The smallest absolute Gasteiger partial charge is 0.407 e. The van der Waals surface area contributed by atoms with E-state index in [2.05, 4.69) is 10.6 Å². The summed E-state index contributed by atoms with van der Waals surface area (Å²) in [4.78, 5) is 54.1. The van der Waals surface area contributed by atoms with Gasteiger partial charge in [-0.25, -0.2) is 18.4 Å². The molecule has 258 valence electrons. The highest BCUT2D eigenvalue weighted by Crippen LogP contribution is 2.39. The summed E-state index contributed by atoms with van der Waals surface area (Å²) in [6.45, 7) is 6.71. The number of alkyl carbamates (subject to hydrolysis) is 1. The molecular weight excluding hydrogens is 624 g/mol. The molecule has 0 radical (unpaired) electrons. The van der Waals surface area contributed by atoms with Gasteiger partial charge in [0.15, 0.2) is 0 Å². The zero-order valence-corrected chi connectivity index (χ0v) is 27.7. The minimum Gasteiger partial charge on any atom is -0.460 e. The second-order valence-electron chi connectivity index (χ2n) is 13.5. The van der Waals surface area contributed by atoms with Crippen molar-refractivity contribution in [3.8, 4) is 0 Å². The van der Waals surface area contributed by atoms with Gasteiger partial charge in [0.05, 0.1) is 12.6 Å². The number of anilines is 1. The lowest BCUT2D eigenvalue weighted by atomic mass is 9.78. The molecule has 0 spiro atoms. The van der Waals surface area contributed by atoms with Crippen molar-refractivity contribution in [3.63, 3.8) is 0 Å². The van der Waals surface area contributed by atoms with Gasteiger partial charge in [0.25, 0.3) is 0 Å². The molecule has 1 aliphatic carbocycles. The van der Waals surface area contributed by atoms with Crippen LogP contribution in [0.25, 0.3) is 11.0 Å². The van der Waals surface area contributed by atoms with Crippen LogP contribution in [0.5, 0.6) is 0 Å². The quantitative estimate of drug-likeness (QED) is 0.242. The molecule has 48 heavy (non-hydrogen) atoms. The number of hydrogen-bond acceptors (Lipinski definition) is 7. The van der Waals surface area contributed by atoms with Gasteiger partial charge < -0.3 is 29.4 Å². The van der Waals surface area contributed by atoms with Crippen LogP contribution in [0.1, 0.15) is 81.8 Å². The fourth-order valence-corrected chi connectivity index (χ4v) is 6.81. The van der Waals surface area contributed by atoms with Crippen molar-refractivity contribution in [2.24, 2.45) is 11.8 Å².